The summed E-state index contributed by atoms with van der Waals surface area (Å²) in [4.78, 5) is 17.2. The van der Waals surface area contributed by atoms with E-state index in [1.165, 1.54) is 7.11 Å². The summed E-state index contributed by atoms with van der Waals surface area (Å²) in [5.41, 5.74) is -0.836. The summed E-state index contributed by atoms with van der Waals surface area (Å²) in [7, 11) is 5.18. The fourth-order valence-corrected chi connectivity index (χ4v) is 0.469. The summed E-state index contributed by atoms with van der Waals surface area (Å²) in [6.07, 6.45) is 0. The van der Waals surface area contributed by atoms with Gasteiger partial charge in [-0.3, -0.25) is 4.79 Å². The molecule has 0 unspecified atom stereocenters. The third-order valence-electron chi connectivity index (χ3n) is 1.94. The van der Waals surface area contributed by atoms with Crippen molar-refractivity contribution in [1.82, 2.24) is 4.90 Å². The van der Waals surface area contributed by atoms with E-state index in [2.05, 4.69) is 4.99 Å². The second kappa shape index (κ2) is 4.37. The highest BCUT2D eigenvalue weighted by molar-refractivity contribution is 5.96. The van der Waals surface area contributed by atoms with E-state index in [0.29, 0.717) is 5.84 Å². The Morgan fingerprint density at radius 3 is 2.15 bits per heavy atom. The molecule has 13 heavy (non-hydrogen) atoms. The fourth-order valence-electron chi connectivity index (χ4n) is 0.469. The van der Waals surface area contributed by atoms with E-state index in [0.717, 1.165) is 0 Å². The van der Waals surface area contributed by atoms with Crippen molar-refractivity contribution in [3.63, 3.8) is 0 Å². The van der Waals surface area contributed by atoms with E-state index in [1.54, 1.807) is 25.7 Å². The second-order valence-electron chi connectivity index (χ2n) is 3.57. The first-order valence-corrected chi connectivity index (χ1v) is 4.13. The molecule has 0 aromatic rings. The number of hydrogen-bond donors (Lipinski definition) is 0. The van der Waals surface area contributed by atoms with Crippen LogP contribution in [0, 0.1) is 0 Å². The molecule has 0 N–H and O–H groups in total. The third kappa shape index (κ3) is 3.55. The van der Waals surface area contributed by atoms with Crippen LogP contribution in [0.2, 0.25) is 0 Å². The Bertz CT molecular complexity index is 220. The molecule has 4 nitrogen and oxygen atoms in total. The molecule has 0 aliphatic rings. The number of methoxy groups -OCH3 is 1. The van der Waals surface area contributed by atoms with Crippen LogP contribution < -0.4 is 0 Å². The summed E-state index contributed by atoms with van der Waals surface area (Å²) in [5, 5.41) is 0. The van der Waals surface area contributed by atoms with Crippen LogP contribution in [0.1, 0.15) is 20.8 Å². The van der Waals surface area contributed by atoms with E-state index in [-0.39, 0.29) is 5.91 Å². The summed E-state index contributed by atoms with van der Waals surface area (Å²) in [5.74, 6) is 0.413. The lowest BCUT2D eigenvalue weighted by molar-refractivity contribution is -0.135. The molecule has 0 aromatic carbocycles. The van der Waals surface area contributed by atoms with Gasteiger partial charge in [0.1, 0.15) is 11.4 Å². The molecular weight excluding hydrogens is 168 g/mol. The van der Waals surface area contributed by atoms with E-state index in [4.69, 9.17) is 4.74 Å². The molecule has 0 aromatic heterocycles. The molecule has 0 saturated heterocycles. The Hall–Kier alpha value is -0.900. The minimum absolute atomic E-state index is 0.263. The number of carbonyl (C=O) groups excluding carboxylic acids is 1. The van der Waals surface area contributed by atoms with Crippen molar-refractivity contribution in [2.24, 2.45) is 4.99 Å². The van der Waals surface area contributed by atoms with Gasteiger partial charge in [0.25, 0.3) is 5.91 Å². The third-order valence-corrected chi connectivity index (χ3v) is 1.94. The summed E-state index contributed by atoms with van der Waals surface area (Å²) in [6.45, 7) is 5.17. The highest BCUT2D eigenvalue weighted by Crippen LogP contribution is 2.09. The minimum Gasteiger partial charge on any atom is -0.369 e. The van der Waals surface area contributed by atoms with E-state index < -0.39 is 5.60 Å². The maximum Gasteiger partial charge on any atom is 0.278 e. The van der Waals surface area contributed by atoms with Crippen molar-refractivity contribution in [3.8, 4) is 0 Å². The van der Waals surface area contributed by atoms with Gasteiger partial charge in [-0.1, -0.05) is 0 Å². The lowest BCUT2D eigenvalue weighted by atomic mass is 10.1. The van der Waals surface area contributed by atoms with Crippen molar-refractivity contribution >= 4 is 11.7 Å². The van der Waals surface area contributed by atoms with Gasteiger partial charge in [0.05, 0.1) is 0 Å². The zero-order chi connectivity index (χ0) is 10.6. The Kier molecular flexibility index (Phi) is 4.07. The first kappa shape index (κ1) is 12.1. The maximum absolute atomic E-state index is 11.5. The number of rotatable bonds is 2. The average Bonchev–Trinajstić information content (AvgIpc) is 2.04. The Morgan fingerprint density at radius 1 is 1.38 bits per heavy atom. The van der Waals surface area contributed by atoms with Crippen LogP contribution in [0.5, 0.6) is 0 Å². The number of aliphatic imine (C=N–C) groups is 1. The molecule has 0 aliphatic carbocycles. The number of hydrogen-bond acceptors (Lipinski definition) is 2. The van der Waals surface area contributed by atoms with Gasteiger partial charge in [0.15, 0.2) is 0 Å². The van der Waals surface area contributed by atoms with Crippen LogP contribution in [0.25, 0.3) is 0 Å². The molecule has 76 valence electrons. The highest BCUT2D eigenvalue weighted by Gasteiger charge is 2.26. The first-order valence-electron chi connectivity index (χ1n) is 4.13. The van der Waals surface area contributed by atoms with Crippen LogP contribution >= 0.6 is 0 Å². The maximum atomic E-state index is 11.5. The number of ether oxygens (including phenoxy) is 1. The summed E-state index contributed by atoms with van der Waals surface area (Å²) in [6, 6.07) is 0. The fraction of sp³-hybridized carbons (Fsp3) is 0.778. The molecule has 0 heterocycles. The van der Waals surface area contributed by atoms with Crippen LogP contribution in [0.4, 0.5) is 0 Å². The van der Waals surface area contributed by atoms with Gasteiger partial charge in [-0.2, -0.15) is 4.99 Å². The smallest absolute Gasteiger partial charge is 0.278 e. The SMILES string of the molecule is COC(C)(C)C(=O)N=C(C)N(C)C. The Balaban J connectivity index is 4.56. The van der Waals surface area contributed by atoms with E-state index in [1.807, 2.05) is 14.1 Å². The van der Waals surface area contributed by atoms with Gasteiger partial charge in [-0.15, -0.1) is 0 Å². The number of nitrogens with zero attached hydrogens (tertiary/aromatic N) is 2. The molecule has 0 radical (unpaired) electrons. The predicted molar refractivity (Wildman–Crippen MR) is 52.9 cm³/mol. The Labute approximate surface area is 79.6 Å². The standard InChI is InChI=1S/C9H18N2O2/c1-7(11(4)5)10-8(12)9(2,3)13-6/h1-6H3. The second-order valence-corrected chi connectivity index (χ2v) is 3.57. The van der Waals surface area contributed by atoms with Crippen LogP contribution in [-0.2, 0) is 9.53 Å². The lowest BCUT2D eigenvalue weighted by Gasteiger charge is -2.19. The molecule has 0 aliphatic heterocycles. The number of carbonyl (C=O) groups is 1. The average molecular weight is 186 g/mol. The molecule has 0 atom stereocenters. The molecule has 4 heteroatoms. The zero-order valence-corrected chi connectivity index (χ0v) is 9.21. The van der Waals surface area contributed by atoms with Gasteiger partial charge >= 0.3 is 0 Å². The minimum atomic E-state index is -0.836. The molecule has 1 amide bonds. The van der Waals surface area contributed by atoms with E-state index in [9.17, 15) is 4.79 Å². The molecular formula is C9H18N2O2. The normalized spacial score (nSPS) is 12.9. The van der Waals surface area contributed by atoms with Crippen molar-refractivity contribution in [2.45, 2.75) is 26.4 Å². The van der Waals surface area contributed by atoms with Crippen molar-refractivity contribution < 1.29 is 9.53 Å². The zero-order valence-electron chi connectivity index (χ0n) is 9.21. The van der Waals surface area contributed by atoms with Gasteiger partial charge in [-0.05, 0) is 20.8 Å². The topological polar surface area (TPSA) is 41.9 Å². The summed E-state index contributed by atoms with van der Waals surface area (Å²) >= 11 is 0. The highest BCUT2D eigenvalue weighted by atomic mass is 16.5. The largest absolute Gasteiger partial charge is 0.369 e. The van der Waals surface area contributed by atoms with Gasteiger partial charge in [-0.25, -0.2) is 0 Å². The molecule has 0 rings (SSSR count). The van der Waals surface area contributed by atoms with Crippen molar-refractivity contribution in [2.75, 3.05) is 21.2 Å². The Morgan fingerprint density at radius 2 is 1.85 bits per heavy atom. The lowest BCUT2D eigenvalue weighted by Crippen LogP contribution is -2.34. The van der Waals surface area contributed by atoms with Crippen LogP contribution in [-0.4, -0.2) is 43.4 Å². The molecule has 0 fully saturated rings. The number of amides is 1. The molecule has 0 bridgehead atoms. The van der Waals surface area contributed by atoms with Gasteiger partial charge < -0.3 is 9.64 Å². The predicted octanol–water partition coefficient (Wildman–Crippen LogP) is 0.918. The van der Waals surface area contributed by atoms with Crippen LogP contribution in [0.3, 0.4) is 0 Å². The van der Waals surface area contributed by atoms with Crippen molar-refractivity contribution in [3.05, 3.63) is 0 Å². The monoisotopic (exact) mass is 186 g/mol. The molecule has 0 saturated carbocycles. The van der Waals surface area contributed by atoms with Crippen molar-refractivity contribution in [1.29, 1.82) is 0 Å². The van der Waals surface area contributed by atoms with E-state index >= 15 is 0 Å². The first-order chi connectivity index (χ1) is 5.81. The quantitative estimate of drug-likeness (QED) is 0.475. The molecule has 0 spiro atoms. The van der Waals surface area contributed by atoms with Gasteiger partial charge in [0.2, 0.25) is 0 Å². The number of amidine groups is 1. The van der Waals surface area contributed by atoms with Crippen LogP contribution in [0.15, 0.2) is 4.99 Å². The van der Waals surface area contributed by atoms with Gasteiger partial charge in [0, 0.05) is 21.2 Å². The summed E-state index contributed by atoms with van der Waals surface area (Å²) < 4.78 is 5.00.